The summed E-state index contributed by atoms with van der Waals surface area (Å²) in [4.78, 5) is 40.9. The molecular weight excluding hydrogens is 384 g/mol. The third kappa shape index (κ3) is 4.60. The van der Waals surface area contributed by atoms with Crippen molar-refractivity contribution in [2.24, 2.45) is 0 Å². The summed E-state index contributed by atoms with van der Waals surface area (Å²) in [5.41, 5.74) is 6.37. The van der Waals surface area contributed by atoms with Crippen LogP contribution >= 0.6 is 0 Å². The molecule has 0 saturated carbocycles. The van der Waals surface area contributed by atoms with Gasteiger partial charge in [-0.3, -0.25) is 19.1 Å². The fourth-order valence-electron chi connectivity index (χ4n) is 3.11. The van der Waals surface area contributed by atoms with E-state index in [9.17, 15) is 14.4 Å². The number of carbonyl (C=O) groups is 1. The van der Waals surface area contributed by atoms with Gasteiger partial charge in [0.1, 0.15) is 11.6 Å². The summed E-state index contributed by atoms with van der Waals surface area (Å²) in [6.07, 6.45) is 0.0690. The average molecular weight is 408 g/mol. The Bertz CT molecular complexity index is 1130. The van der Waals surface area contributed by atoms with Crippen LogP contribution in [0.5, 0.6) is 5.75 Å². The molecule has 1 heterocycles. The largest absolute Gasteiger partial charge is 0.494 e. The molecule has 0 atom stereocenters. The maximum Gasteiger partial charge on any atom is 0.330 e. The van der Waals surface area contributed by atoms with Crippen molar-refractivity contribution in [3.63, 3.8) is 0 Å². The number of nitrogen functional groups attached to an aromatic ring is 1. The van der Waals surface area contributed by atoms with E-state index in [1.54, 1.807) is 24.3 Å². The molecule has 3 N–H and O–H groups in total. The molecule has 0 bridgehead atoms. The molecule has 8 heteroatoms. The number of ether oxygens (including phenoxy) is 1. The van der Waals surface area contributed by atoms with Crippen molar-refractivity contribution in [2.75, 3.05) is 24.3 Å². The van der Waals surface area contributed by atoms with Crippen molar-refractivity contribution in [2.45, 2.75) is 19.9 Å². The van der Waals surface area contributed by atoms with Crippen LogP contribution in [0.4, 0.5) is 11.5 Å². The summed E-state index contributed by atoms with van der Waals surface area (Å²) in [6.45, 7) is 2.63. The lowest BCUT2D eigenvalue weighted by Crippen LogP contribution is -2.39. The third-order valence-corrected chi connectivity index (χ3v) is 4.70. The lowest BCUT2D eigenvalue weighted by molar-refractivity contribution is -0.117. The molecule has 3 rings (SSSR count). The van der Waals surface area contributed by atoms with Gasteiger partial charge in [0, 0.05) is 7.05 Å². The number of likely N-dealkylation sites (N-methyl/N-ethyl adjacent to an activating group) is 1. The second kappa shape index (κ2) is 9.13. The molecule has 1 amide bonds. The molecule has 0 unspecified atom stereocenters. The van der Waals surface area contributed by atoms with Crippen LogP contribution in [-0.4, -0.2) is 29.1 Å². The van der Waals surface area contributed by atoms with E-state index < -0.39 is 11.2 Å². The molecule has 0 aliphatic rings. The van der Waals surface area contributed by atoms with Crippen molar-refractivity contribution >= 4 is 17.4 Å². The molecule has 2 aromatic carbocycles. The third-order valence-electron chi connectivity index (χ3n) is 4.70. The first-order chi connectivity index (χ1) is 14.4. The van der Waals surface area contributed by atoms with E-state index in [0.29, 0.717) is 6.61 Å². The van der Waals surface area contributed by atoms with E-state index in [1.807, 2.05) is 37.3 Å². The standard InChI is InChI=1S/C22H24N4O4/c1-3-30-17-11-9-15(10-12-17)13-18(27)25(2)19-20(23)26(22(29)24-21(19)28)14-16-7-5-4-6-8-16/h4-12H,3,13-14,23H2,1-2H3,(H,24,28,29). The number of carbonyl (C=O) groups excluding carboxylic acids is 1. The number of hydrogen-bond acceptors (Lipinski definition) is 5. The van der Waals surface area contributed by atoms with E-state index in [-0.39, 0.29) is 30.4 Å². The number of H-pyrrole nitrogens is 1. The summed E-state index contributed by atoms with van der Waals surface area (Å²) >= 11 is 0. The van der Waals surface area contributed by atoms with Crippen LogP contribution in [-0.2, 0) is 17.8 Å². The highest BCUT2D eigenvalue weighted by Crippen LogP contribution is 2.18. The van der Waals surface area contributed by atoms with Gasteiger partial charge in [-0.15, -0.1) is 0 Å². The summed E-state index contributed by atoms with van der Waals surface area (Å²) in [5, 5.41) is 0. The number of anilines is 2. The fraction of sp³-hybridized carbons (Fsp3) is 0.227. The van der Waals surface area contributed by atoms with Crippen LogP contribution in [0.15, 0.2) is 64.2 Å². The van der Waals surface area contributed by atoms with Crippen LogP contribution < -0.4 is 26.6 Å². The van der Waals surface area contributed by atoms with Gasteiger partial charge in [0.05, 0.1) is 19.6 Å². The van der Waals surface area contributed by atoms with E-state index in [0.717, 1.165) is 16.9 Å². The minimum absolute atomic E-state index is 0.0542. The lowest BCUT2D eigenvalue weighted by Gasteiger charge is -2.20. The van der Waals surface area contributed by atoms with Crippen LogP contribution in [0.2, 0.25) is 0 Å². The number of aromatic amines is 1. The smallest absolute Gasteiger partial charge is 0.330 e. The number of aromatic nitrogens is 2. The Balaban J connectivity index is 1.86. The van der Waals surface area contributed by atoms with Gasteiger partial charge < -0.3 is 15.4 Å². The zero-order valence-corrected chi connectivity index (χ0v) is 16.9. The van der Waals surface area contributed by atoms with Crippen molar-refractivity contribution in [1.29, 1.82) is 0 Å². The normalized spacial score (nSPS) is 10.6. The van der Waals surface area contributed by atoms with Crippen LogP contribution in [0, 0.1) is 0 Å². The van der Waals surface area contributed by atoms with Crippen LogP contribution in [0.3, 0.4) is 0 Å². The van der Waals surface area contributed by atoms with Gasteiger partial charge in [-0.2, -0.15) is 0 Å². The van der Waals surface area contributed by atoms with Gasteiger partial charge in [0.25, 0.3) is 5.56 Å². The number of amides is 1. The SMILES string of the molecule is CCOc1ccc(CC(=O)N(C)c2c(N)n(Cc3ccccc3)c(=O)[nH]c2=O)cc1. The summed E-state index contributed by atoms with van der Waals surface area (Å²) in [6, 6.07) is 16.4. The molecular formula is C22H24N4O4. The van der Waals surface area contributed by atoms with Gasteiger partial charge in [0.15, 0.2) is 5.69 Å². The Kier molecular flexibility index (Phi) is 6.36. The van der Waals surface area contributed by atoms with Crippen molar-refractivity contribution in [1.82, 2.24) is 9.55 Å². The molecule has 0 aliphatic heterocycles. The minimum atomic E-state index is -0.704. The van der Waals surface area contributed by atoms with Gasteiger partial charge >= 0.3 is 5.69 Å². The Morgan fingerprint density at radius 3 is 2.37 bits per heavy atom. The van der Waals surface area contributed by atoms with Crippen LogP contribution in [0.1, 0.15) is 18.1 Å². The molecule has 0 saturated heterocycles. The average Bonchev–Trinajstić information content (AvgIpc) is 2.73. The number of nitrogens with zero attached hydrogens (tertiary/aromatic N) is 2. The van der Waals surface area contributed by atoms with Crippen molar-refractivity contribution in [3.05, 3.63) is 86.6 Å². The van der Waals surface area contributed by atoms with Crippen molar-refractivity contribution in [3.8, 4) is 5.75 Å². The van der Waals surface area contributed by atoms with Crippen molar-refractivity contribution < 1.29 is 9.53 Å². The molecule has 0 radical (unpaired) electrons. The van der Waals surface area contributed by atoms with E-state index in [2.05, 4.69) is 4.98 Å². The maximum absolute atomic E-state index is 12.8. The summed E-state index contributed by atoms with van der Waals surface area (Å²) < 4.78 is 6.64. The first-order valence-corrected chi connectivity index (χ1v) is 9.55. The molecule has 3 aromatic rings. The highest BCUT2D eigenvalue weighted by Gasteiger charge is 2.21. The van der Waals surface area contributed by atoms with Gasteiger partial charge in [-0.05, 0) is 30.2 Å². The number of hydrogen-bond donors (Lipinski definition) is 2. The van der Waals surface area contributed by atoms with E-state index >= 15 is 0 Å². The predicted molar refractivity (Wildman–Crippen MR) is 116 cm³/mol. The zero-order valence-electron chi connectivity index (χ0n) is 16.9. The number of benzene rings is 2. The molecule has 0 fully saturated rings. The fourth-order valence-corrected chi connectivity index (χ4v) is 3.11. The van der Waals surface area contributed by atoms with E-state index in [4.69, 9.17) is 10.5 Å². The quantitative estimate of drug-likeness (QED) is 0.619. The molecule has 8 nitrogen and oxygen atoms in total. The zero-order chi connectivity index (χ0) is 21.7. The predicted octanol–water partition coefficient (Wildman–Crippen LogP) is 1.77. The molecule has 0 aliphatic carbocycles. The van der Waals surface area contributed by atoms with E-state index in [1.165, 1.54) is 16.5 Å². The Morgan fingerprint density at radius 1 is 1.07 bits per heavy atom. The highest BCUT2D eigenvalue weighted by atomic mass is 16.5. The lowest BCUT2D eigenvalue weighted by atomic mass is 10.1. The molecule has 30 heavy (non-hydrogen) atoms. The Labute approximate surface area is 173 Å². The number of nitrogens with two attached hydrogens (primary N) is 1. The summed E-state index contributed by atoms with van der Waals surface area (Å²) in [7, 11) is 1.47. The monoisotopic (exact) mass is 408 g/mol. The van der Waals surface area contributed by atoms with Gasteiger partial charge in [-0.1, -0.05) is 42.5 Å². The first-order valence-electron chi connectivity index (χ1n) is 9.55. The highest BCUT2D eigenvalue weighted by molar-refractivity contribution is 5.96. The Morgan fingerprint density at radius 2 is 1.73 bits per heavy atom. The van der Waals surface area contributed by atoms with Gasteiger partial charge in [-0.25, -0.2) is 4.79 Å². The second-order valence-electron chi connectivity index (χ2n) is 6.77. The Hall–Kier alpha value is -3.81. The molecule has 0 spiro atoms. The topological polar surface area (TPSA) is 110 Å². The van der Waals surface area contributed by atoms with Gasteiger partial charge in [0.2, 0.25) is 5.91 Å². The number of nitrogens with one attached hydrogen (secondary N) is 1. The maximum atomic E-state index is 12.8. The second-order valence-corrected chi connectivity index (χ2v) is 6.77. The minimum Gasteiger partial charge on any atom is -0.494 e. The number of rotatable bonds is 7. The summed E-state index contributed by atoms with van der Waals surface area (Å²) in [5.74, 6) is 0.326. The molecule has 1 aromatic heterocycles. The molecule has 156 valence electrons. The first kappa shape index (κ1) is 20.9. The van der Waals surface area contributed by atoms with Crippen LogP contribution in [0.25, 0.3) is 0 Å².